The van der Waals surface area contributed by atoms with Gasteiger partial charge in [-0.2, -0.15) is 0 Å². The number of amides is 1. The molecule has 4 rings (SSSR count). The molecular formula is C19H17N5O3. The Morgan fingerprint density at radius 2 is 1.81 bits per heavy atom. The Hall–Kier alpha value is -3.68. The van der Waals surface area contributed by atoms with E-state index in [1.807, 2.05) is 30.3 Å². The average Bonchev–Trinajstić information content (AvgIpc) is 3.19. The molecule has 0 spiro atoms. The van der Waals surface area contributed by atoms with Crippen molar-refractivity contribution in [3.63, 3.8) is 0 Å². The number of pyridine rings is 1. The van der Waals surface area contributed by atoms with Crippen LogP contribution < -0.4 is 20.1 Å². The summed E-state index contributed by atoms with van der Waals surface area (Å²) in [4.78, 5) is 24.5. The van der Waals surface area contributed by atoms with E-state index in [1.54, 1.807) is 12.4 Å². The fraction of sp³-hybridized carbons (Fsp3) is 0.158. The van der Waals surface area contributed by atoms with Gasteiger partial charge in [-0.05, 0) is 35.4 Å². The molecule has 27 heavy (non-hydrogen) atoms. The smallest absolute Gasteiger partial charge is 0.271 e. The number of nitrogens with zero attached hydrogens (tertiary/aromatic N) is 3. The first-order valence-corrected chi connectivity index (χ1v) is 8.39. The molecule has 1 aromatic carbocycles. The van der Waals surface area contributed by atoms with E-state index in [0.29, 0.717) is 18.9 Å². The third-order valence-corrected chi connectivity index (χ3v) is 4.00. The van der Waals surface area contributed by atoms with Crippen LogP contribution in [0, 0.1) is 0 Å². The fourth-order valence-electron chi connectivity index (χ4n) is 2.55. The van der Waals surface area contributed by atoms with Crippen LogP contribution in [0.15, 0.2) is 55.1 Å². The topological polar surface area (TPSA) is 98.3 Å². The van der Waals surface area contributed by atoms with Gasteiger partial charge in [0.2, 0.25) is 6.79 Å². The van der Waals surface area contributed by atoms with Crippen LogP contribution in [0.5, 0.6) is 11.5 Å². The van der Waals surface area contributed by atoms with Crippen molar-refractivity contribution >= 4 is 11.7 Å². The number of hydrogen-bond acceptors (Lipinski definition) is 7. The van der Waals surface area contributed by atoms with E-state index < -0.39 is 0 Å². The Morgan fingerprint density at radius 3 is 2.63 bits per heavy atom. The Morgan fingerprint density at radius 1 is 0.963 bits per heavy atom. The van der Waals surface area contributed by atoms with E-state index in [-0.39, 0.29) is 18.4 Å². The Kier molecular flexibility index (Phi) is 4.78. The van der Waals surface area contributed by atoms with Gasteiger partial charge in [-0.15, -0.1) is 0 Å². The highest BCUT2D eigenvalue weighted by Gasteiger charge is 2.13. The minimum atomic E-state index is -0.276. The standard InChI is InChI=1S/C19H17N5O3/c25-19(24-8-13-3-5-20-6-4-13)15-10-23-18(11-21-15)22-9-14-1-2-16-17(7-14)27-12-26-16/h1-7,10-11H,8-9,12H2,(H,22,23)(H,24,25). The molecule has 1 aliphatic rings. The molecule has 0 radical (unpaired) electrons. The van der Waals surface area contributed by atoms with Crippen molar-refractivity contribution < 1.29 is 14.3 Å². The number of nitrogens with one attached hydrogen (secondary N) is 2. The lowest BCUT2D eigenvalue weighted by atomic mass is 10.2. The number of anilines is 1. The maximum Gasteiger partial charge on any atom is 0.271 e. The molecule has 2 aromatic heterocycles. The second kappa shape index (κ2) is 7.69. The summed E-state index contributed by atoms with van der Waals surface area (Å²) < 4.78 is 10.7. The summed E-state index contributed by atoms with van der Waals surface area (Å²) in [6.07, 6.45) is 6.35. The molecule has 0 bridgehead atoms. The molecule has 0 atom stereocenters. The molecule has 1 amide bonds. The first-order chi connectivity index (χ1) is 13.3. The van der Waals surface area contributed by atoms with Crippen molar-refractivity contribution in [2.24, 2.45) is 0 Å². The molecule has 0 saturated carbocycles. The molecule has 2 N–H and O–H groups in total. The van der Waals surface area contributed by atoms with Crippen molar-refractivity contribution in [2.75, 3.05) is 12.1 Å². The highest BCUT2D eigenvalue weighted by atomic mass is 16.7. The number of hydrogen-bond donors (Lipinski definition) is 2. The molecule has 8 nitrogen and oxygen atoms in total. The largest absolute Gasteiger partial charge is 0.454 e. The van der Waals surface area contributed by atoms with Gasteiger partial charge in [0.15, 0.2) is 11.5 Å². The maximum atomic E-state index is 12.1. The first kappa shape index (κ1) is 16.8. The van der Waals surface area contributed by atoms with Gasteiger partial charge in [-0.25, -0.2) is 9.97 Å². The second-order valence-electron chi connectivity index (χ2n) is 5.87. The Balaban J connectivity index is 1.31. The molecule has 3 aromatic rings. The number of ether oxygens (including phenoxy) is 2. The summed E-state index contributed by atoms with van der Waals surface area (Å²) in [6.45, 7) is 1.22. The molecule has 8 heteroatoms. The number of rotatable bonds is 6. The van der Waals surface area contributed by atoms with Gasteiger partial charge >= 0.3 is 0 Å². The van der Waals surface area contributed by atoms with Crippen LogP contribution in [0.25, 0.3) is 0 Å². The molecule has 0 fully saturated rings. The fourth-order valence-corrected chi connectivity index (χ4v) is 2.55. The lowest BCUT2D eigenvalue weighted by molar-refractivity contribution is 0.0945. The van der Waals surface area contributed by atoms with E-state index >= 15 is 0 Å². The Bertz CT molecular complexity index is 932. The normalized spacial score (nSPS) is 11.9. The third kappa shape index (κ3) is 4.12. The van der Waals surface area contributed by atoms with Crippen LogP contribution in [-0.4, -0.2) is 27.7 Å². The number of carbonyl (C=O) groups excluding carboxylic acids is 1. The van der Waals surface area contributed by atoms with Crippen LogP contribution >= 0.6 is 0 Å². The quantitative estimate of drug-likeness (QED) is 0.692. The lowest BCUT2D eigenvalue weighted by Crippen LogP contribution is -2.24. The van der Waals surface area contributed by atoms with Gasteiger partial charge in [0.05, 0.1) is 12.4 Å². The summed E-state index contributed by atoms with van der Waals surface area (Å²) in [5.41, 5.74) is 2.26. The summed E-state index contributed by atoms with van der Waals surface area (Å²) in [5.74, 6) is 1.79. The molecule has 0 aliphatic carbocycles. The third-order valence-electron chi connectivity index (χ3n) is 4.00. The second-order valence-corrected chi connectivity index (χ2v) is 5.87. The van der Waals surface area contributed by atoms with E-state index in [2.05, 4.69) is 25.6 Å². The van der Waals surface area contributed by atoms with Crippen molar-refractivity contribution in [3.8, 4) is 11.5 Å². The molecular weight excluding hydrogens is 346 g/mol. The van der Waals surface area contributed by atoms with Crippen LogP contribution in [0.1, 0.15) is 21.6 Å². The SMILES string of the molecule is O=C(NCc1ccncc1)c1cnc(NCc2ccc3c(c2)OCO3)cn1. The van der Waals surface area contributed by atoms with E-state index in [4.69, 9.17) is 9.47 Å². The minimum absolute atomic E-state index is 0.252. The summed E-state index contributed by atoms with van der Waals surface area (Å²) in [5, 5.41) is 5.97. The zero-order chi connectivity index (χ0) is 18.5. The number of benzene rings is 1. The van der Waals surface area contributed by atoms with Crippen LogP contribution in [-0.2, 0) is 13.1 Å². The van der Waals surface area contributed by atoms with Gasteiger partial charge in [0, 0.05) is 25.5 Å². The zero-order valence-corrected chi connectivity index (χ0v) is 14.4. The summed E-state index contributed by atoms with van der Waals surface area (Å²) in [7, 11) is 0. The van der Waals surface area contributed by atoms with Crippen molar-refractivity contribution in [1.82, 2.24) is 20.3 Å². The van der Waals surface area contributed by atoms with Crippen LogP contribution in [0.4, 0.5) is 5.82 Å². The van der Waals surface area contributed by atoms with Gasteiger partial charge in [-0.3, -0.25) is 9.78 Å². The van der Waals surface area contributed by atoms with Crippen LogP contribution in [0.2, 0.25) is 0 Å². The first-order valence-electron chi connectivity index (χ1n) is 8.39. The lowest BCUT2D eigenvalue weighted by Gasteiger charge is -2.07. The highest BCUT2D eigenvalue weighted by molar-refractivity contribution is 5.91. The van der Waals surface area contributed by atoms with Gasteiger partial charge in [0.1, 0.15) is 11.5 Å². The van der Waals surface area contributed by atoms with Crippen LogP contribution in [0.3, 0.4) is 0 Å². The monoisotopic (exact) mass is 363 g/mol. The molecule has 0 saturated heterocycles. The van der Waals surface area contributed by atoms with E-state index in [0.717, 1.165) is 22.6 Å². The van der Waals surface area contributed by atoms with E-state index in [1.165, 1.54) is 12.4 Å². The summed E-state index contributed by atoms with van der Waals surface area (Å²) >= 11 is 0. The van der Waals surface area contributed by atoms with Crippen molar-refractivity contribution in [2.45, 2.75) is 13.1 Å². The Labute approximate surface area is 155 Å². The number of fused-ring (bicyclic) bond motifs is 1. The predicted molar refractivity (Wildman–Crippen MR) is 97.3 cm³/mol. The summed E-state index contributed by atoms with van der Waals surface area (Å²) in [6, 6.07) is 9.43. The number of carbonyl (C=O) groups is 1. The van der Waals surface area contributed by atoms with Crippen molar-refractivity contribution in [3.05, 3.63) is 71.9 Å². The average molecular weight is 363 g/mol. The number of aromatic nitrogens is 3. The minimum Gasteiger partial charge on any atom is -0.454 e. The van der Waals surface area contributed by atoms with E-state index in [9.17, 15) is 4.79 Å². The van der Waals surface area contributed by atoms with Gasteiger partial charge in [0.25, 0.3) is 5.91 Å². The highest BCUT2D eigenvalue weighted by Crippen LogP contribution is 2.32. The predicted octanol–water partition coefficient (Wildman–Crippen LogP) is 2.14. The zero-order valence-electron chi connectivity index (χ0n) is 14.4. The maximum absolute atomic E-state index is 12.1. The molecule has 1 aliphatic heterocycles. The molecule has 3 heterocycles. The van der Waals surface area contributed by atoms with Crippen molar-refractivity contribution in [1.29, 1.82) is 0 Å². The molecule has 136 valence electrons. The van der Waals surface area contributed by atoms with Gasteiger partial charge in [-0.1, -0.05) is 6.07 Å². The molecule has 0 unspecified atom stereocenters. The van der Waals surface area contributed by atoms with Gasteiger partial charge < -0.3 is 20.1 Å².